The molecule has 3 N–H and O–H groups in total. The number of carbonyl (C=O) groups is 2. The molecule has 0 fully saturated rings. The van der Waals surface area contributed by atoms with E-state index in [0.29, 0.717) is 0 Å². The third-order valence-electron chi connectivity index (χ3n) is 4.01. The van der Waals surface area contributed by atoms with E-state index in [1.54, 1.807) is 6.92 Å². The lowest BCUT2D eigenvalue weighted by Crippen LogP contribution is -2.22. The number of ketones is 2. The molecule has 3 rings (SSSR count). The van der Waals surface area contributed by atoms with E-state index in [9.17, 15) is 24.9 Å². The van der Waals surface area contributed by atoms with Gasteiger partial charge < -0.3 is 20.1 Å². The first-order valence-electron chi connectivity index (χ1n) is 6.98. The number of phenolic OH excluding ortho intramolecular Hbond substituents is 3. The lowest BCUT2D eigenvalue weighted by molar-refractivity contribution is 0.0973. The predicted molar refractivity (Wildman–Crippen MR) is 80.7 cm³/mol. The molecule has 23 heavy (non-hydrogen) atoms. The fourth-order valence-electron chi connectivity index (χ4n) is 2.86. The maximum absolute atomic E-state index is 12.7. The van der Waals surface area contributed by atoms with Gasteiger partial charge in [0.25, 0.3) is 0 Å². The molecule has 0 spiro atoms. The zero-order chi connectivity index (χ0) is 16.9. The van der Waals surface area contributed by atoms with Crippen LogP contribution in [-0.2, 0) is 6.42 Å². The van der Waals surface area contributed by atoms with E-state index >= 15 is 0 Å². The smallest absolute Gasteiger partial charge is 0.201 e. The first-order chi connectivity index (χ1) is 10.9. The van der Waals surface area contributed by atoms with Crippen molar-refractivity contribution in [1.82, 2.24) is 0 Å². The van der Waals surface area contributed by atoms with Gasteiger partial charge in [0.2, 0.25) is 5.78 Å². The Labute approximate surface area is 131 Å². The molecular weight excluding hydrogens is 300 g/mol. The number of hydrogen-bond donors (Lipinski definition) is 3. The summed E-state index contributed by atoms with van der Waals surface area (Å²) in [6.07, 6.45) is 0.286. The molecule has 0 heterocycles. The Morgan fingerprint density at radius 3 is 2.17 bits per heavy atom. The van der Waals surface area contributed by atoms with Gasteiger partial charge in [-0.15, -0.1) is 0 Å². The number of phenols is 3. The monoisotopic (exact) mass is 314 g/mol. The Hall–Kier alpha value is -3.02. The van der Waals surface area contributed by atoms with Gasteiger partial charge in [-0.2, -0.15) is 0 Å². The maximum atomic E-state index is 12.7. The van der Waals surface area contributed by atoms with Crippen LogP contribution in [0.1, 0.15) is 44.3 Å². The van der Waals surface area contributed by atoms with Crippen molar-refractivity contribution in [2.45, 2.75) is 13.3 Å². The minimum absolute atomic E-state index is 0.0256. The quantitative estimate of drug-likeness (QED) is 0.669. The standard InChI is InChI=1S/C17H14O6/c1-3-8-11(18)6-10-14(16(8)21)17(22)13-9(15(10)20)4-7(23-2)5-12(13)19/h4-6,18-19,21H,3H2,1-2H3. The van der Waals surface area contributed by atoms with Gasteiger partial charge in [-0.1, -0.05) is 6.92 Å². The molecule has 0 aromatic heterocycles. The van der Waals surface area contributed by atoms with Crippen LogP contribution in [0.2, 0.25) is 0 Å². The first kappa shape index (κ1) is 14.9. The molecule has 1 aliphatic rings. The molecule has 0 radical (unpaired) electrons. The van der Waals surface area contributed by atoms with E-state index in [2.05, 4.69) is 0 Å². The van der Waals surface area contributed by atoms with Gasteiger partial charge >= 0.3 is 0 Å². The summed E-state index contributed by atoms with van der Waals surface area (Å²) in [4.78, 5) is 25.3. The van der Waals surface area contributed by atoms with Crippen molar-refractivity contribution in [1.29, 1.82) is 0 Å². The first-order valence-corrected chi connectivity index (χ1v) is 6.98. The van der Waals surface area contributed by atoms with Crippen LogP contribution in [0.3, 0.4) is 0 Å². The number of hydrogen-bond acceptors (Lipinski definition) is 6. The summed E-state index contributed by atoms with van der Waals surface area (Å²) >= 11 is 0. The zero-order valence-corrected chi connectivity index (χ0v) is 12.5. The topological polar surface area (TPSA) is 104 Å². The second-order valence-electron chi connectivity index (χ2n) is 5.23. The van der Waals surface area contributed by atoms with Gasteiger partial charge in [0.15, 0.2) is 5.78 Å². The van der Waals surface area contributed by atoms with E-state index in [1.807, 2.05) is 0 Å². The summed E-state index contributed by atoms with van der Waals surface area (Å²) in [5.41, 5.74) is -0.310. The van der Waals surface area contributed by atoms with Crippen LogP contribution in [0.4, 0.5) is 0 Å². The van der Waals surface area contributed by atoms with Gasteiger partial charge in [0.1, 0.15) is 23.0 Å². The summed E-state index contributed by atoms with van der Waals surface area (Å²) in [5, 5.41) is 30.3. The molecule has 1 aliphatic carbocycles. The average molecular weight is 314 g/mol. The molecule has 0 saturated heterocycles. The highest BCUT2D eigenvalue weighted by Gasteiger charge is 2.36. The van der Waals surface area contributed by atoms with Crippen molar-refractivity contribution in [2.75, 3.05) is 7.11 Å². The highest BCUT2D eigenvalue weighted by molar-refractivity contribution is 6.30. The normalized spacial score (nSPS) is 12.8. The molecule has 0 unspecified atom stereocenters. The minimum atomic E-state index is -0.665. The van der Waals surface area contributed by atoms with Crippen molar-refractivity contribution in [3.05, 3.63) is 46.0 Å². The van der Waals surface area contributed by atoms with Crippen LogP contribution in [0.25, 0.3) is 0 Å². The molecule has 0 bridgehead atoms. The Balaban J connectivity index is 2.36. The Bertz CT molecular complexity index is 866. The van der Waals surface area contributed by atoms with Crippen LogP contribution in [0.15, 0.2) is 18.2 Å². The number of fused-ring (bicyclic) bond motifs is 2. The number of ether oxygens (including phenoxy) is 1. The molecular formula is C17H14O6. The van der Waals surface area contributed by atoms with Gasteiger partial charge in [-0.3, -0.25) is 9.59 Å². The number of rotatable bonds is 2. The predicted octanol–water partition coefficient (Wildman–Crippen LogP) is 2.15. The van der Waals surface area contributed by atoms with E-state index in [1.165, 1.54) is 25.3 Å². The number of benzene rings is 2. The largest absolute Gasteiger partial charge is 0.508 e. The molecule has 0 saturated carbocycles. The molecule has 2 aromatic carbocycles. The van der Waals surface area contributed by atoms with Crippen LogP contribution in [-0.4, -0.2) is 34.0 Å². The summed E-state index contributed by atoms with van der Waals surface area (Å²) in [5.74, 6) is -2.08. The summed E-state index contributed by atoms with van der Waals surface area (Å²) < 4.78 is 4.99. The van der Waals surface area contributed by atoms with Crippen LogP contribution in [0, 0.1) is 0 Å². The van der Waals surface area contributed by atoms with E-state index in [4.69, 9.17) is 4.74 Å². The van der Waals surface area contributed by atoms with E-state index < -0.39 is 23.1 Å². The van der Waals surface area contributed by atoms with Crippen molar-refractivity contribution < 1.29 is 29.6 Å². The van der Waals surface area contributed by atoms with Gasteiger partial charge in [0, 0.05) is 22.8 Å². The second-order valence-corrected chi connectivity index (χ2v) is 5.23. The number of carbonyl (C=O) groups excluding carboxylic acids is 2. The second kappa shape index (κ2) is 5.01. The fraction of sp³-hybridized carbons (Fsp3) is 0.176. The van der Waals surface area contributed by atoms with Crippen molar-refractivity contribution in [3.8, 4) is 23.0 Å². The number of aromatic hydroxyl groups is 3. The average Bonchev–Trinajstić information content (AvgIpc) is 2.51. The molecule has 0 aliphatic heterocycles. The van der Waals surface area contributed by atoms with Gasteiger partial charge in [-0.25, -0.2) is 0 Å². The van der Waals surface area contributed by atoms with Crippen LogP contribution < -0.4 is 4.74 Å². The minimum Gasteiger partial charge on any atom is -0.508 e. The lowest BCUT2D eigenvalue weighted by Gasteiger charge is -2.21. The third-order valence-corrected chi connectivity index (χ3v) is 4.01. The summed E-state index contributed by atoms with van der Waals surface area (Å²) in [7, 11) is 1.37. The highest BCUT2D eigenvalue weighted by Crippen LogP contribution is 2.42. The van der Waals surface area contributed by atoms with E-state index in [-0.39, 0.29) is 45.7 Å². The third kappa shape index (κ3) is 1.95. The molecule has 0 amide bonds. The van der Waals surface area contributed by atoms with Gasteiger partial charge in [0.05, 0.1) is 18.2 Å². The molecule has 2 aromatic rings. The Morgan fingerprint density at radius 1 is 0.913 bits per heavy atom. The SMILES string of the molecule is CCc1c(O)cc2c(c1O)C(=O)c1c(O)cc(OC)cc1C2=O. The Kier molecular flexibility index (Phi) is 3.25. The van der Waals surface area contributed by atoms with Crippen LogP contribution >= 0.6 is 0 Å². The van der Waals surface area contributed by atoms with E-state index in [0.717, 1.165) is 0 Å². The zero-order valence-electron chi connectivity index (χ0n) is 12.5. The molecule has 118 valence electrons. The Morgan fingerprint density at radius 2 is 1.57 bits per heavy atom. The fourth-order valence-corrected chi connectivity index (χ4v) is 2.86. The van der Waals surface area contributed by atoms with Crippen molar-refractivity contribution in [3.63, 3.8) is 0 Å². The van der Waals surface area contributed by atoms with Crippen molar-refractivity contribution in [2.24, 2.45) is 0 Å². The van der Waals surface area contributed by atoms with Crippen LogP contribution in [0.5, 0.6) is 23.0 Å². The lowest BCUT2D eigenvalue weighted by atomic mass is 9.81. The van der Waals surface area contributed by atoms with Gasteiger partial charge in [-0.05, 0) is 18.6 Å². The molecule has 0 atom stereocenters. The molecule has 6 heteroatoms. The number of methoxy groups -OCH3 is 1. The maximum Gasteiger partial charge on any atom is 0.201 e. The highest BCUT2D eigenvalue weighted by atomic mass is 16.5. The summed E-state index contributed by atoms with van der Waals surface area (Å²) in [6.45, 7) is 1.70. The van der Waals surface area contributed by atoms with Crippen molar-refractivity contribution >= 4 is 11.6 Å². The summed E-state index contributed by atoms with van der Waals surface area (Å²) in [6, 6.07) is 3.75. The molecule has 6 nitrogen and oxygen atoms in total.